The van der Waals surface area contributed by atoms with Gasteiger partial charge in [-0.05, 0) is 200 Å². The Kier molecular flexibility index (Phi) is 41.7. The number of hydrogen-bond donors (Lipinski definition) is 19. The second-order valence-corrected chi connectivity index (χ2v) is 42.0. The number of thiophene rings is 1. The molecule has 149 heavy (non-hydrogen) atoms. The molecule has 0 radical (unpaired) electrons. The second-order valence-electron chi connectivity index (χ2n) is 40.2. The van der Waals surface area contributed by atoms with Gasteiger partial charge in [0.2, 0.25) is 100 Å². The van der Waals surface area contributed by atoms with E-state index in [1.807, 2.05) is 18.2 Å². The summed E-state index contributed by atoms with van der Waals surface area (Å²) in [6.07, 6.45) is 0.588. The molecule has 1 aromatic heterocycles. The number of fused-ring (bicyclic) bond motifs is 4. The minimum Gasteiger partial charge on any atom is -0.481 e. The monoisotopic (exact) mass is 2150 g/mol. The third kappa shape index (κ3) is 33.2. The smallest absolute Gasteiger partial charge is 0.409 e. The fourth-order valence-corrected chi connectivity index (χ4v) is 20.0. The number of carbonyl (C=O) groups excluding carboxylic acids is 18. The summed E-state index contributed by atoms with van der Waals surface area (Å²) >= 11 is 4.92. The van der Waals surface area contributed by atoms with Gasteiger partial charge in [-0.15, -0.1) is 11.3 Å². The van der Waals surface area contributed by atoms with Crippen molar-refractivity contribution in [2.45, 2.75) is 298 Å². The van der Waals surface area contributed by atoms with Crippen molar-refractivity contribution in [1.82, 2.24) is 89.6 Å². The Hall–Kier alpha value is -14.5. The maximum Gasteiger partial charge on any atom is 0.409 e. The van der Waals surface area contributed by atoms with E-state index in [0.717, 1.165) is 9.60 Å². The van der Waals surface area contributed by atoms with Crippen molar-refractivity contribution in [3.8, 4) is 0 Å². The van der Waals surface area contributed by atoms with E-state index in [2.05, 4.69) is 95.7 Å². The predicted octanol–water partition coefficient (Wildman–Crippen LogP) is 3.44. The van der Waals surface area contributed by atoms with E-state index < -0.39 is 257 Å². The van der Waals surface area contributed by atoms with Crippen LogP contribution in [0.15, 0.2) is 137 Å². The van der Waals surface area contributed by atoms with Gasteiger partial charge in [0.25, 0.3) is 0 Å². The Labute approximate surface area is 874 Å². The van der Waals surface area contributed by atoms with Crippen LogP contribution in [0.5, 0.6) is 0 Å². The SMILES string of the molecule is CC(=O)N1CCC[C@]12C/C=C/CCC[C@@]1(CCC/C=C\CCCOC(=O)N3CC[C@@]4(C3)NC(=O)[C@H](CCCCNC(=O)CC[C@@H](C(=O)N[C@@H](C)C(N)=O)NC(=O)[C@H](Cc3csc5ccccc35)NC(=O)[C@H](Cc3ccccc3Br)NC4=O)NC(=O)[C@H](Cc3ccccc3)NC(=O)[C@H](C)NC(=O)C(C)(C)NC(=O)[C@H](Cc3cccc(C(=O)O)c3)NC(=O)[C@H](CC(=O)O)NC1=O)NC(=O)[C@H](CC(C)(C)C)NC(=O)[C@H](CC(=O)O)NC2=O. The minimum absolute atomic E-state index is 0.00155. The molecule has 6 heterocycles. The number of ether oxygens (including phenoxy) is 1. The first-order chi connectivity index (χ1) is 70.6. The van der Waals surface area contributed by atoms with E-state index >= 15 is 43.2 Å². The summed E-state index contributed by atoms with van der Waals surface area (Å²) in [5.41, 5.74) is -2.25. The van der Waals surface area contributed by atoms with E-state index in [9.17, 15) is 72.9 Å². The van der Waals surface area contributed by atoms with Crippen LogP contribution in [-0.4, -0.2) is 271 Å². The summed E-state index contributed by atoms with van der Waals surface area (Å²) in [7, 11) is 0. The van der Waals surface area contributed by atoms with Crippen molar-refractivity contribution in [1.29, 1.82) is 0 Å². The van der Waals surface area contributed by atoms with Crippen molar-refractivity contribution in [2.75, 3.05) is 32.8 Å². The number of allylic oxidation sites excluding steroid dienone is 3. The molecule has 14 atom stereocenters. The van der Waals surface area contributed by atoms with Crippen LogP contribution < -0.4 is 85.5 Å². The van der Waals surface area contributed by atoms with E-state index in [-0.39, 0.29) is 153 Å². The van der Waals surface area contributed by atoms with Crippen LogP contribution >= 0.6 is 27.3 Å². The van der Waals surface area contributed by atoms with Crippen LogP contribution in [0.2, 0.25) is 0 Å². The molecule has 10 rings (SSSR count). The van der Waals surface area contributed by atoms with Crippen LogP contribution in [-0.2, 0) is 122 Å². The number of nitrogens with two attached hydrogens (primary N) is 1. The maximum absolute atomic E-state index is 16.2. The molecule has 5 aliphatic rings. The first-order valence-electron chi connectivity index (χ1n) is 49.9. The van der Waals surface area contributed by atoms with Gasteiger partial charge in [-0.2, -0.15) is 0 Å². The van der Waals surface area contributed by atoms with Crippen LogP contribution in [0.4, 0.5) is 4.79 Å². The first kappa shape index (κ1) is 116. The summed E-state index contributed by atoms with van der Waals surface area (Å²) in [5.74, 6) is -21.5. The van der Waals surface area contributed by atoms with E-state index in [0.29, 0.717) is 33.0 Å². The Morgan fingerprint density at radius 3 is 1.74 bits per heavy atom. The molecule has 3 spiro atoms. The van der Waals surface area contributed by atoms with Crippen molar-refractivity contribution in [3.05, 3.63) is 165 Å². The van der Waals surface area contributed by atoms with Crippen molar-refractivity contribution < 1.29 is 121 Å². The predicted molar refractivity (Wildman–Crippen MR) is 548 cm³/mol. The number of carboxylic acid groups (broad SMARTS) is 3. The number of halogens is 1. The van der Waals surface area contributed by atoms with Crippen molar-refractivity contribution in [3.63, 3.8) is 0 Å². The maximum atomic E-state index is 16.2. The average Bonchev–Trinajstić information content (AvgIpc) is 1.64. The number of aromatic carboxylic acids is 1. The quantitative estimate of drug-likeness (QED) is 0.0593. The van der Waals surface area contributed by atoms with Gasteiger partial charge in [-0.1, -0.05) is 140 Å². The van der Waals surface area contributed by atoms with E-state index in [1.165, 1.54) is 75.1 Å². The molecule has 20 N–H and O–H groups in total. The van der Waals surface area contributed by atoms with Crippen LogP contribution in [0.3, 0.4) is 0 Å². The van der Waals surface area contributed by atoms with Gasteiger partial charge < -0.3 is 115 Å². The number of cyclic esters (lactones) is 1. The number of rotatable bonds is 17. The molecule has 3 saturated heterocycles. The number of nitrogens with one attached hydrogen (secondary N) is 15. The fraction of sp³-hybridized carbons (Fsp3) is 0.510. The molecule has 0 saturated carbocycles. The summed E-state index contributed by atoms with van der Waals surface area (Å²) in [4.78, 5) is 310. The highest BCUT2D eigenvalue weighted by molar-refractivity contribution is 9.10. The molecule has 0 aliphatic carbocycles. The number of likely N-dealkylation sites (tertiary alicyclic amines) is 1. The standard InChI is InChI=1S/C104H135BrN18O25S/c1-60(83(106)130)108-85(132)71-39-40-80(125)107-46-26-22-37-70-91(138)121-103(97(145)116-75(53-65-33-18-20-36-69(65)105)88(135)114-74(87(134)111-71)54-67-58-149-79-38-21-19-35-68(67)79)45-48-122(59-103)99(147)148-49-27-14-10-9-11-23-41-102(42-24-12-13-25-43-104(44-29-47-123(104)62(3)124)98(146)118-77(56-82(128)129)90(137)115-78(93(140)120-102)57-100(4,5)6)96(144)117-76(55-81(126)127)89(136)113-73(52-64-32-28-34-66(50-64)94(141)142)92(139)119-101(7,8)95(143)109-61(2)84(131)112-72(86(133)110-70)51-63-30-16-15-17-31-63/h9-10,13,15-21,25,28,30-36,38,50,58,60-61,70-78H,11-12,14,22-24,26-27,29,37,39-49,51-57,59H2,1-8H3,(H2,106,130)(H,107,125)(H,108,132)(H,109,143)(H,110,133)(H,111,134)(H,112,131)(H,113,136)(H,114,135)(H,115,137)(H,116,145)(H,117,144)(H,118,146)(H,119,139)(H,120,140)(H,121,138)(H,126,127)(H,128,129)(H,141,142)/b10-9-,25-13+/t60-,61-,70-,71-,72-,73-,74-,75-,76-,77-,78-,102+,103-,104-/m0/s1. The highest BCUT2D eigenvalue weighted by Gasteiger charge is 2.53. The molecule has 4 aromatic carbocycles. The van der Waals surface area contributed by atoms with Gasteiger partial charge in [0.1, 0.15) is 88.6 Å². The molecule has 804 valence electrons. The Bertz CT molecular complexity index is 5870. The largest absolute Gasteiger partial charge is 0.481 e. The highest BCUT2D eigenvalue weighted by atomic mass is 79.9. The lowest BCUT2D eigenvalue weighted by Crippen LogP contribution is -2.66. The molecule has 45 heteroatoms. The van der Waals surface area contributed by atoms with Gasteiger partial charge >= 0.3 is 24.0 Å². The van der Waals surface area contributed by atoms with Gasteiger partial charge in [-0.25, -0.2) is 9.59 Å². The summed E-state index contributed by atoms with van der Waals surface area (Å²) in [6.45, 7) is 10.1. The van der Waals surface area contributed by atoms with Crippen molar-refractivity contribution in [2.24, 2.45) is 11.1 Å². The van der Waals surface area contributed by atoms with E-state index in [4.69, 9.17) is 10.5 Å². The molecule has 43 nitrogen and oxygen atoms in total. The Morgan fingerprint density at radius 1 is 0.530 bits per heavy atom. The summed E-state index contributed by atoms with van der Waals surface area (Å²) in [5, 5.41) is 73.8. The number of nitrogens with zero attached hydrogens (tertiary/aromatic N) is 2. The molecule has 18 amide bonds. The molecule has 0 unspecified atom stereocenters. The number of aliphatic carboxylic acids is 2. The van der Waals surface area contributed by atoms with Gasteiger partial charge in [-0.3, -0.25) is 91.1 Å². The molecule has 5 aromatic rings. The zero-order valence-corrected chi connectivity index (χ0v) is 87.0. The lowest BCUT2D eigenvalue weighted by molar-refractivity contribution is -0.146. The molecule has 3 fully saturated rings. The second kappa shape index (κ2) is 53.4. The molecule has 3 bridgehead atoms. The zero-order valence-electron chi connectivity index (χ0n) is 84.6. The zero-order chi connectivity index (χ0) is 109. The lowest BCUT2D eigenvalue weighted by atomic mass is 9.83. The minimum atomic E-state index is -2.25. The van der Waals surface area contributed by atoms with Crippen molar-refractivity contribution >= 4 is 162 Å². The fourth-order valence-electron chi connectivity index (χ4n) is 18.6. The third-order valence-electron chi connectivity index (χ3n) is 26.8. The normalized spacial score (nSPS) is 26.4. The van der Waals surface area contributed by atoms with Crippen LogP contribution in [0, 0.1) is 5.41 Å². The number of primary amides is 1. The first-order valence-corrected chi connectivity index (χ1v) is 51.6. The number of carbonyl (C=O) groups is 21. The Morgan fingerprint density at radius 2 is 1.08 bits per heavy atom. The molecule has 5 aliphatic heterocycles. The number of carboxylic acids is 3. The topological polar surface area (TPSA) is 641 Å². The van der Waals surface area contributed by atoms with Gasteiger partial charge in [0, 0.05) is 67.8 Å². The molecular formula is C104H135BrN18O25S. The van der Waals surface area contributed by atoms with Crippen LogP contribution in [0.25, 0.3) is 10.1 Å². The van der Waals surface area contributed by atoms with E-state index in [1.54, 1.807) is 111 Å². The van der Waals surface area contributed by atoms with Gasteiger partial charge in [0.15, 0.2) is 0 Å². The molecular weight excluding hydrogens is 2010 g/mol. The summed E-state index contributed by atoms with van der Waals surface area (Å²) < 4.78 is 7.18. The number of hydrogen-bond acceptors (Lipinski definition) is 23. The van der Waals surface area contributed by atoms with Crippen LogP contribution in [0.1, 0.15) is 216 Å². The number of amides is 18. The third-order valence-corrected chi connectivity index (χ3v) is 28.6. The average molecular weight is 2150 g/mol. The summed E-state index contributed by atoms with van der Waals surface area (Å²) in [6, 6.07) is 8.67. The van der Waals surface area contributed by atoms with Gasteiger partial charge in [0.05, 0.1) is 31.6 Å². The Balaban J connectivity index is 1.06. The number of benzene rings is 4. The highest BCUT2D eigenvalue weighted by Crippen LogP contribution is 2.36. The lowest BCUT2D eigenvalue weighted by Gasteiger charge is -2.38.